The van der Waals surface area contributed by atoms with Crippen molar-refractivity contribution in [2.24, 2.45) is 16.9 Å². The zero-order valence-corrected chi connectivity index (χ0v) is 20.1. The van der Waals surface area contributed by atoms with Gasteiger partial charge in [-0.1, -0.05) is 32.9 Å². The van der Waals surface area contributed by atoms with E-state index in [1.54, 1.807) is 7.11 Å². The van der Waals surface area contributed by atoms with E-state index in [4.69, 9.17) is 14.6 Å². The fourth-order valence-corrected chi connectivity index (χ4v) is 3.69. The number of amides is 2. The molecule has 0 fully saturated rings. The molecule has 1 N–H and O–H groups in total. The summed E-state index contributed by atoms with van der Waals surface area (Å²) in [5.74, 6) is 1.27. The fourth-order valence-electron chi connectivity index (χ4n) is 3.69. The van der Waals surface area contributed by atoms with Gasteiger partial charge in [-0.3, -0.25) is 9.59 Å². The number of hydrogen-bond donors (Lipinski definition) is 1. The second kappa shape index (κ2) is 11.0. The van der Waals surface area contributed by atoms with Gasteiger partial charge in [-0.25, -0.2) is 5.01 Å². The molecule has 0 radical (unpaired) electrons. The van der Waals surface area contributed by atoms with E-state index in [2.05, 4.69) is 12.2 Å². The highest BCUT2D eigenvalue weighted by atomic mass is 16.5. The number of methoxy groups -OCH3 is 1. The Morgan fingerprint density at radius 3 is 2.48 bits per heavy atom. The van der Waals surface area contributed by atoms with E-state index in [1.165, 1.54) is 5.01 Å². The van der Waals surface area contributed by atoms with Gasteiger partial charge in [0.2, 0.25) is 11.8 Å². The van der Waals surface area contributed by atoms with Crippen LogP contribution in [-0.2, 0) is 16.1 Å². The average molecular weight is 452 g/mol. The molecule has 0 spiro atoms. The molecule has 7 heteroatoms. The number of hydrazone groups is 1. The van der Waals surface area contributed by atoms with Gasteiger partial charge in [0.05, 0.1) is 26.0 Å². The number of ether oxygens (including phenoxy) is 2. The van der Waals surface area contributed by atoms with Gasteiger partial charge in [-0.05, 0) is 49.2 Å². The Kier molecular flexibility index (Phi) is 8.09. The van der Waals surface area contributed by atoms with E-state index in [1.807, 2.05) is 63.2 Å². The van der Waals surface area contributed by atoms with Crippen molar-refractivity contribution in [1.29, 1.82) is 0 Å². The minimum atomic E-state index is -0.0869. The molecular formula is C26H33N3O4. The maximum atomic E-state index is 12.8. The lowest BCUT2D eigenvalue weighted by Gasteiger charge is -2.29. The van der Waals surface area contributed by atoms with Crippen LogP contribution < -0.4 is 14.8 Å². The summed E-state index contributed by atoms with van der Waals surface area (Å²) < 4.78 is 11.1. The van der Waals surface area contributed by atoms with Gasteiger partial charge in [0.15, 0.2) is 11.5 Å². The van der Waals surface area contributed by atoms with Crippen molar-refractivity contribution in [2.75, 3.05) is 19.0 Å². The van der Waals surface area contributed by atoms with E-state index in [0.29, 0.717) is 31.1 Å². The molecule has 7 nitrogen and oxygen atoms in total. The second-order valence-corrected chi connectivity index (χ2v) is 8.39. The summed E-state index contributed by atoms with van der Waals surface area (Å²) in [5.41, 5.74) is 3.48. The largest absolute Gasteiger partial charge is 0.493 e. The number of benzene rings is 2. The predicted octanol–water partition coefficient (Wildman–Crippen LogP) is 4.85. The Hall–Kier alpha value is -3.35. The lowest BCUT2D eigenvalue weighted by Crippen LogP contribution is -2.36. The molecule has 3 rings (SSSR count). The van der Waals surface area contributed by atoms with Crippen LogP contribution in [0, 0.1) is 11.8 Å². The Bertz CT molecular complexity index is 1010. The molecule has 2 aromatic rings. The summed E-state index contributed by atoms with van der Waals surface area (Å²) in [6.07, 6.45) is 1.23. The molecule has 176 valence electrons. The second-order valence-electron chi connectivity index (χ2n) is 8.39. The quantitative estimate of drug-likeness (QED) is 0.591. The first-order valence-corrected chi connectivity index (χ1v) is 11.5. The zero-order chi connectivity index (χ0) is 24.0. The Morgan fingerprint density at radius 2 is 1.88 bits per heavy atom. The number of anilines is 1. The van der Waals surface area contributed by atoms with Crippen LogP contribution in [0.3, 0.4) is 0 Å². The van der Waals surface area contributed by atoms with Crippen molar-refractivity contribution in [3.05, 3.63) is 53.6 Å². The lowest BCUT2D eigenvalue weighted by molar-refractivity contribution is -0.133. The van der Waals surface area contributed by atoms with Crippen LogP contribution in [0.2, 0.25) is 0 Å². The molecule has 0 bridgehead atoms. The summed E-state index contributed by atoms with van der Waals surface area (Å²) in [7, 11) is 1.62. The molecule has 0 saturated heterocycles. The number of hydrogen-bond acceptors (Lipinski definition) is 5. The Morgan fingerprint density at radius 1 is 1.15 bits per heavy atom. The fraction of sp³-hybridized carbons (Fsp3) is 0.423. The summed E-state index contributed by atoms with van der Waals surface area (Å²) >= 11 is 0. The molecule has 1 aliphatic rings. The third kappa shape index (κ3) is 5.92. The van der Waals surface area contributed by atoms with Crippen molar-refractivity contribution in [2.45, 2.75) is 47.1 Å². The SMILES string of the molecule is CCOc1cc(C2=NN(Cc3ccc(NC(=O)C(C)C)cc3)C(=O)CC2CC)ccc1OC. The van der Waals surface area contributed by atoms with Gasteiger partial charge >= 0.3 is 0 Å². The van der Waals surface area contributed by atoms with E-state index >= 15 is 0 Å². The van der Waals surface area contributed by atoms with E-state index in [-0.39, 0.29) is 23.7 Å². The van der Waals surface area contributed by atoms with Crippen LogP contribution in [0.15, 0.2) is 47.6 Å². The van der Waals surface area contributed by atoms with Crippen molar-refractivity contribution in [3.63, 3.8) is 0 Å². The molecule has 1 atom stereocenters. The van der Waals surface area contributed by atoms with Crippen LogP contribution in [0.25, 0.3) is 0 Å². The van der Waals surface area contributed by atoms with E-state index < -0.39 is 0 Å². The van der Waals surface area contributed by atoms with Crippen LogP contribution in [-0.4, -0.2) is 36.3 Å². The highest BCUT2D eigenvalue weighted by molar-refractivity contribution is 6.06. The van der Waals surface area contributed by atoms with Crippen LogP contribution in [0.5, 0.6) is 11.5 Å². The van der Waals surface area contributed by atoms with E-state index in [0.717, 1.165) is 28.9 Å². The standard InChI is InChI=1S/C26H33N3O4/c1-6-19-15-24(30)29(16-18-8-11-21(12-9-18)27-26(31)17(3)4)28-25(19)20-10-13-22(32-5)23(14-20)33-7-2/h8-14,17,19H,6-7,15-16H2,1-5H3,(H,27,31). The number of nitrogens with one attached hydrogen (secondary N) is 1. The summed E-state index contributed by atoms with van der Waals surface area (Å²) in [5, 5.41) is 9.18. The van der Waals surface area contributed by atoms with Gasteiger partial charge in [-0.15, -0.1) is 0 Å². The third-order valence-electron chi connectivity index (χ3n) is 5.65. The van der Waals surface area contributed by atoms with Crippen LogP contribution >= 0.6 is 0 Å². The minimum absolute atomic E-state index is 0.00123. The molecular weight excluding hydrogens is 418 g/mol. The van der Waals surface area contributed by atoms with Gasteiger partial charge in [0, 0.05) is 29.5 Å². The predicted molar refractivity (Wildman–Crippen MR) is 130 cm³/mol. The molecule has 33 heavy (non-hydrogen) atoms. The van der Waals surface area contributed by atoms with Crippen molar-refractivity contribution in [3.8, 4) is 11.5 Å². The van der Waals surface area contributed by atoms with Gasteiger partial charge in [-0.2, -0.15) is 5.10 Å². The third-order valence-corrected chi connectivity index (χ3v) is 5.65. The van der Waals surface area contributed by atoms with Gasteiger partial charge in [0.25, 0.3) is 0 Å². The number of rotatable bonds is 9. The number of carbonyl (C=O) groups is 2. The molecule has 1 unspecified atom stereocenters. The first kappa shape index (κ1) is 24.3. The van der Waals surface area contributed by atoms with Crippen molar-refractivity contribution < 1.29 is 19.1 Å². The number of carbonyl (C=O) groups excluding carboxylic acids is 2. The summed E-state index contributed by atoms with van der Waals surface area (Å²) in [6, 6.07) is 13.3. The van der Waals surface area contributed by atoms with Gasteiger partial charge < -0.3 is 14.8 Å². The molecule has 0 aliphatic carbocycles. The highest BCUT2D eigenvalue weighted by Gasteiger charge is 2.29. The molecule has 0 saturated carbocycles. The van der Waals surface area contributed by atoms with Crippen LogP contribution in [0.4, 0.5) is 5.69 Å². The molecule has 2 amide bonds. The number of nitrogens with zero attached hydrogens (tertiary/aromatic N) is 2. The minimum Gasteiger partial charge on any atom is -0.493 e. The van der Waals surface area contributed by atoms with Gasteiger partial charge in [0.1, 0.15) is 0 Å². The Labute approximate surface area is 195 Å². The monoisotopic (exact) mass is 451 g/mol. The maximum Gasteiger partial charge on any atom is 0.243 e. The maximum absolute atomic E-state index is 12.8. The van der Waals surface area contributed by atoms with E-state index in [9.17, 15) is 9.59 Å². The smallest absolute Gasteiger partial charge is 0.243 e. The normalized spacial score (nSPS) is 15.9. The molecule has 2 aromatic carbocycles. The highest BCUT2D eigenvalue weighted by Crippen LogP contribution is 2.32. The first-order chi connectivity index (χ1) is 15.9. The summed E-state index contributed by atoms with van der Waals surface area (Å²) in [6.45, 7) is 8.60. The van der Waals surface area contributed by atoms with Crippen LogP contribution in [0.1, 0.15) is 51.7 Å². The summed E-state index contributed by atoms with van der Waals surface area (Å²) in [4.78, 5) is 24.7. The zero-order valence-electron chi connectivity index (χ0n) is 20.1. The molecule has 1 aliphatic heterocycles. The molecule has 1 heterocycles. The first-order valence-electron chi connectivity index (χ1n) is 11.5. The molecule has 0 aromatic heterocycles. The van der Waals surface area contributed by atoms with Crippen molar-refractivity contribution >= 4 is 23.2 Å². The Balaban J connectivity index is 1.84. The van der Waals surface area contributed by atoms with Crippen molar-refractivity contribution in [1.82, 2.24) is 5.01 Å². The topological polar surface area (TPSA) is 80.2 Å². The lowest BCUT2D eigenvalue weighted by atomic mass is 9.89. The average Bonchev–Trinajstić information content (AvgIpc) is 2.81.